The van der Waals surface area contributed by atoms with Gasteiger partial charge in [-0.3, -0.25) is 0 Å². The van der Waals surface area contributed by atoms with Gasteiger partial charge in [0, 0.05) is 8.07 Å². The van der Waals surface area contributed by atoms with Gasteiger partial charge in [-0.1, -0.05) is 56.7 Å². The van der Waals surface area contributed by atoms with Gasteiger partial charge in [0.1, 0.15) is 0 Å². The van der Waals surface area contributed by atoms with Crippen LogP contribution < -0.4 is 0 Å². The fourth-order valence-corrected chi connectivity index (χ4v) is 3.99. The predicted octanol–water partition coefficient (Wildman–Crippen LogP) is 6.29. The molecule has 0 bridgehead atoms. The van der Waals surface area contributed by atoms with E-state index in [1.165, 1.54) is 35.2 Å². The number of nitrogens with zero attached hydrogens (tertiary/aromatic N) is 1. The largest absolute Gasteiger partial charge is 0.247 e. The summed E-state index contributed by atoms with van der Waals surface area (Å²) >= 11 is 1.96. The second-order valence-corrected chi connectivity index (χ2v) is 13.4. The first-order valence-corrected chi connectivity index (χ1v) is 12.4. The summed E-state index contributed by atoms with van der Waals surface area (Å²) in [6.45, 7) is 11.7. The van der Waals surface area contributed by atoms with Crippen molar-refractivity contribution in [1.82, 2.24) is 0 Å². The molecule has 3 heteroatoms. The fourth-order valence-electron chi connectivity index (χ4n) is 1.74. The van der Waals surface area contributed by atoms with Gasteiger partial charge in [0.2, 0.25) is 0 Å². The van der Waals surface area contributed by atoms with Crippen LogP contribution in [0.25, 0.3) is 0 Å². The molecular weight excluding hydrogens is 278 g/mol. The maximum Gasteiger partial charge on any atom is 0.0735 e. The van der Waals surface area contributed by atoms with Crippen LogP contribution in [-0.2, 0) is 0 Å². The van der Waals surface area contributed by atoms with Gasteiger partial charge in [0.15, 0.2) is 0 Å². The van der Waals surface area contributed by atoms with Crippen molar-refractivity contribution in [2.75, 3.05) is 5.75 Å². The Bertz CT molecular complexity index is 418. The smallest absolute Gasteiger partial charge is 0.0735 e. The Labute approximate surface area is 130 Å². The lowest BCUT2D eigenvalue weighted by Gasteiger charge is -2.16. The second kappa shape index (κ2) is 8.68. The zero-order valence-electron chi connectivity index (χ0n) is 13.7. The van der Waals surface area contributed by atoms with E-state index < -0.39 is 8.07 Å². The highest BCUT2D eigenvalue weighted by Crippen LogP contribution is 2.22. The molecule has 0 N–H and O–H groups in total. The third-order valence-corrected chi connectivity index (χ3v) is 6.01. The first kappa shape index (κ1) is 17.5. The molecule has 112 valence electrons. The summed E-state index contributed by atoms with van der Waals surface area (Å²) in [5, 5.41) is 1.32. The van der Waals surface area contributed by atoms with Crippen molar-refractivity contribution in [3.63, 3.8) is 0 Å². The van der Waals surface area contributed by atoms with Crippen LogP contribution >= 0.6 is 11.8 Å². The van der Waals surface area contributed by atoms with E-state index in [-0.39, 0.29) is 0 Å². The minimum absolute atomic E-state index is 0.988. The third-order valence-electron chi connectivity index (χ3n) is 3.14. The van der Waals surface area contributed by atoms with Gasteiger partial charge >= 0.3 is 0 Å². The Kier molecular flexibility index (Phi) is 7.60. The summed E-state index contributed by atoms with van der Waals surface area (Å²) in [7, 11) is -0.988. The highest BCUT2D eigenvalue weighted by molar-refractivity contribution is 8.13. The van der Waals surface area contributed by atoms with E-state index in [0.717, 1.165) is 12.1 Å². The molecule has 1 aromatic carbocycles. The molecule has 1 nitrogen and oxygen atoms in total. The topological polar surface area (TPSA) is 12.4 Å². The molecule has 0 aliphatic rings. The van der Waals surface area contributed by atoms with Gasteiger partial charge < -0.3 is 0 Å². The number of benzene rings is 1. The summed E-state index contributed by atoms with van der Waals surface area (Å²) in [6, 6.07) is 9.88. The SMILES string of the molecule is CCCCSC(CC[Si](C)(C)C)=Nc1ccc(C)cc1. The van der Waals surface area contributed by atoms with Crippen molar-refractivity contribution < 1.29 is 0 Å². The molecule has 0 aliphatic carbocycles. The van der Waals surface area contributed by atoms with Crippen molar-refractivity contribution in [3.05, 3.63) is 29.8 Å². The number of aliphatic imine (C=N–C) groups is 1. The molecule has 0 radical (unpaired) electrons. The van der Waals surface area contributed by atoms with E-state index >= 15 is 0 Å². The van der Waals surface area contributed by atoms with Crippen molar-refractivity contribution in [2.24, 2.45) is 4.99 Å². The van der Waals surface area contributed by atoms with Crippen molar-refractivity contribution in [2.45, 2.75) is 58.8 Å². The molecular formula is C17H29NSSi. The second-order valence-electron chi connectivity index (χ2n) is 6.60. The van der Waals surface area contributed by atoms with E-state index in [1.54, 1.807) is 0 Å². The van der Waals surface area contributed by atoms with Crippen LogP contribution in [0.2, 0.25) is 25.7 Å². The van der Waals surface area contributed by atoms with Crippen LogP contribution in [-0.4, -0.2) is 18.9 Å². The van der Waals surface area contributed by atoms with E-state index in [9.17, 15) is 0 Å². The molecule has 0 spiro atoms. The minimum Gasteiger partial charge on any atom is -0.247 e. The van der Waals surface area contributed by atoms with Crippen LogP contribution in [0.4, 0.5) is 5.69 Å². The summed E-state index contributed by atoms with van der Waals surface area (Å²) in [5.74, 6) is 1.20. The molecule has 20 heavy (non-hydrogen) atoms. The van der Waals surface area contributed by atoms with Gasteiger partial charge in [-0.2, -0.15) is 0 Å². The normalized spacial score (nSPS) is 12.8. The molecule has 0 amide bonds. The zero-order valence-corrected chi connectivity index (χ0v) is 15.5. The molecule has 0 aromatic heterocycles. The maximum absolute atomic E-state index is 4.88. The van der Waals surface area contributed by atoms with Gasteiger partial charge in [0.05, 0.1) is 10.7 Å². The van der Waals surface area contributed by atoms with Crippen LogP contribution in [0.5, 0.6) is 0 Å². The van der Waals surface area contributed by atoms with Gasteiger partial charge in [-0.15, -0.1) is 11.8 Å². The molecule has 0 heterocycles. The molecule has 0 atom stereocenters. The monoisotopic (exact) mass is 307 g/mol. The highest BCUT2D eigenvalue weighted by Gasteiger charge is 2.14. The lowest BCUT2D eigenvalue weighted by molar-refractivity contribution is 0.898. The van der Waals surface area contributed by atoms with Gasteiger partial charge in [0.25, 0.3) is 0 Å². The van der Waals surface area contributed by atoms with E-state index in [0.29, 0.717) is 0 Å². The number of hydrogen-bond donors (Lipinski definition) is 0. The summed E-state index contributed by atoms with van der Waals surface area (Å²) in [5.41, 5.74) is 2.40. The number of thioether (sulfide) groups is 1. The Hall–Kier alpha value is -0.543. The Balaban J connectivity index is 2.71. The predicted molar refractivity (Wildman–Crippen MR) is 98.4 cm³/mol. The van der Waals surface area contributed by atoms with Crippen LogP contribution in [0, 0.1) is 6.92 Å². The molecule has 0 fully saturated rings. The van der Waals surface area contributed by atoms with Gasteiger partial charge in [-0.05, 0) is 37.7 Å². The summed E-state index contributed by atoms with van der Waals surface area (Å²) in [6.07, 6.45) is 3.70. The first-order chi connectivity index (χ1) is 9.40. The minimum atomic E-state index is -0.988. The van der Waals surface area contributed by atoms with Crippen molar-refractivity contribution in [3.8, 4) is 0 Å². The summed E-state index contributed by atoms with van der Waals surface area (Å²) in [4.78, 5) is 4.88. The van der Waals surface area contributed by atoms with Crippen LogP contribution in [0.3, 0.4) is 0 Å². The number of hydrogen-bond acceptors (Lipinski definition) is 2. The average molecular weight is 308 g/mol. The molecule has 0 saturated carbocycles. The number of rotatable bonds is 7. The number of unbranched alkanes of at least 4 members (excludes halogenated alkanes) is 1. The maximum atomic E-state index is 4.88. The standard InChI is InChI=1S/C17H29NSSi/c1-6-7-13-19-17(12-14-20(3,4)5)18-16-10-8-15(2)9-11-16/h8-11H,6-7,12-14H2,1-5H3. The van der Waals surface area contributed by atoms with Crippen LogP contribution in [0.15, 0.2) is 29.3 Å². The molecule has 1 aromatic rings. The zero-order chi connectivity index (χ0) is 15.0. The van der Waals surface area contributed by atoms with E-state index in [2.05, 4.69) is 57.8 Å². The Morgan fingerprint density at radius 3 is 2.35 bits per heavy atom. The van der Waals surface area contributed by atoms with Gasteiger partial charge in [-0.25, -0.2) is 4.99 Å². The molecule has 0 saturated heterocycles. The van der Waals surface area contributed by atoms with E-state index in [4.69, 9.17) is 4.99 Å². The fraction of sp³-hybridized carbons (Fsp3) is 0.588. The highest BCUT2D eigenvalue weighted by atomic mass is 32.2. The number of aryl methyl sites for hydroxylation is 1. The van der Waals surface area contributed by atoms with Crippen molar-refractivity contribution >= 4 is 30.6 Å². The third kappa shape index (κ3) is 7.90. The lowest BCUT2D eigenvalue weighted by atomic mass is 10.2. The summed E-state index contributed by atoms with van der Waals surface area (Å²) < 4.78 is 0. The molecule has 0 unspecified atom stereocenters. The van der Waals surface area contributed by atoms with E-state index in [1.807, 2.05) is 11.8 Å². The molecule has 1 rings (SSSR count). The Morgan fingerprint density at radius 2 is 1.80 bits per heavy atom. The lowest BCUT2D eigenvalue weighted by Crippen LogP contribution is -2.20. The van der Waals surface area contributed by atoms with Crippen molar-refractivity contribution in [1.29, 1.82) is 0 Å². The Morgan fingerprint density at radius 1 is 1.15 bits per heavy atom. The first-order valence-electron chi connectivity index (χ1n) is 7.68. The molecule has 0 aliphatic heterocycles. The van der Waals surface area contributed by atoms with Crippen LogP contribution in [0.1, 0.15) is 31.7 Å². The average Bonchev–Trinajstić information content (AvgIpc) is 2.37. The quantitative estimate of drug-likeness (QED) is 0.250.